The molecule has 19 heavy (non-hydrogen) atoms. The molecular weight excluding hydrogens is 266 g/mol. The number of ether oxygens (including phenoxy) is 1. The Morgan fingerprint density at radius 1 is 1.11 bits per heavy atom. The van der Waals surface area contributed by atoms with E-state index in [0.29, 0.717) is 18.5 Å². The third-order valence-corrected chi connectivity index (χ3v) is 2.25. The predicted molar refractivity (Wildman–Crippen MR) is 77.8 cm³/mol. The van der Waals surface area contributed by atoms with Gasteiger partial charge in [-0.25, -0.2) is 0 Å². The molecule has 6 nitrogen and oxygen atoms in total. The van der Waals surface area contributed by atoms with Gasteiger partial charge in [-0.15, -0.1) is 0 Å². The van der Waals surface area contributed by atoms with Gasteiger partial charge in [0.1, 0.15) is 0 Å². The number of anilines is 2. The van der Waals surface area contributed by atoms with Gasteiger partial charge < -0.3 is 15.4 Å². The van der Waals surface area contributed by atoms with Crippen LogP contribution < -0.4 is 10.6 Å². The lowest BCUT2D eigenvalue weighted by atomic mass is 10.4. The van der Waals surface area contributed by atoms with Crippen LogP contribution in [-0.2, 0) is 4.74 Å². The summed E-state index contributed by atoms with van der Waals surface area (Å²) in [5, 5.41) is 6.38. The first-order chi connectivity index (χ1) is 8.97. The molecule has 1 heterocycles. The molecule has 108 valence electrons. The van der Waals surface area contributed by atoms with E-state index in [1.54, 1.807) is 0 Å². The summed E-state index contributed by atoms with van der Waals surface area (Å²) in [4.78, 5) is 12.3. The van der Waals surface area contributed by atoms with Crippen molar-refractivity contribution < 1.29 is 4.74 Å². The third-order valence-electron chi connectivity index (χ3n) is 2.08. The Labute approximate surface area is 119 Å². The number of aromatic nitrogens is 3. The number of nitrogens with one attached hydrogen (secondary N) is 2. The van der Waals surface area contributed by atoms with E-state index in [1.807, 2.05) is 27.7 Å². The van der Waals surface area contributed by atoms with Crippen LogP contribution in [0, 0.1) is 0 Å². The van der Waals surface area contributed by atoms with Gasteiger partial charge in [-0.3, -0.25) is 0 Å². The number of rotatable bonds is 8. The summed E-state index contributed by atoms with van der Waals surface area (Å²) in [6.07, 6.45) is 1.14. The number of hydrogen-bond acceptors (Lipinski definition) is 6. The van der Waals surface area contributed by atoms with Crippen LogP contribution in [0.25, 0.3) is 0 Å². The molecule has 0 bridgehead atoms. The van der Waals surface area contributed by atoms with Crippen molar-refractivity contribution in [3.63, 3.8) is 0 Å². The molecule has 1 rings (SSSR count). The zero-order valence-electron chi connectivity index (χ0n) is 11.9. The van der Waals surface area contributed by atoms with E-state index in [2.05, 4.69) is 25.6 Å². The van der Waals surface area contributed by atoms with E-state index in [-0.39, 0.29) is 17.4 Å². The second-order valence-electron chi connectivity index (χ2n) is 4.75. The van der Waals surface area contributed by atoms with Crippen LogP contribution in [0.2, 0.25) is 5.28 Å². The predicted octanol–water partition coefficient (Wildman–Crippen LogP) is 2.57. The number of hydrogen-bond donors (Lipinski definition) is 2. The highest BCUT2D eigenvalue weighted by atomic mass is 35.5. The second-order valence-corrected chi connectivity index (χ2v) is 5.09. The topological polar surface area (TPSA) is 72.0 Å². The Morgan fingerprint density at radius 3 is 2.42 bits per heavy atom. The molecule has 0 aliphatic carbocycles. The van der Waals surface area contributed by atoms with Gasteiger partial charge in [0.05, 0.1) is 6.10 Å². The SMILES string of the molecule is CC(C)Nc1nc(Cl)nc(NCCCOC(C)C)n1. The minimum absolute atomic E-state index is 0.180. The molecule has 1 aromatic rings. The molecule has 0 spiro atoms. The van der Waals surface area contributed by atoms with Crippen LogP contribution in [0.1, 0.15) is 34.1 Å². The maximum absolute atomic E-state index is 5.85. The van der Waals surface area contributed by atoms with Crippen LogP contribution in [0.4, 0.5) is 11.9 Å². The van der Waals surface area contributed by atoms with Crippen LogP contribution in [0.5, 0.6) is 0 Å². The highest BCUT2D eigenvalue weighted by Crippen LogP contribution is 2.10. The molecule has 0 saturated heterocycles. The smallest absolute Gasteiger partial charge is 0.228 e. The Balaban J connectivity index is 2.42. The van der Waals surface area contributed by atoms with Gasteiger partial charge in [-0.05, 0) is 45.7 Å². The van der Waals surface area contributed by atoms with Crippen LogP contribution in [-0.4, -0.2) is 40.2 Å². The van der Waals surface area contributed by atoms with Gasteiger partial charge >= 0.3 is 0 Å². The highest BCUT2D eigenvalue weighted by Gasteiger charge is 2.05. The molecule has 0 saturated carbocycles. The van der Waals surface area contributed by atoms with E-state index in [1.165, 1.54) is 0 Å². The largest absolute Gasteiger partial charge is 0.379 e. The number of nitrogens with zero attached hydrogens (tertiary/aromatic N) is 3. The van der Waals surface area contributed by atoms with Crippen molar-refractivity contribution >= 4 is 23.5 Å². The van der Waals surface area contributed by atoms with Crippen LogP contribution in [0.3, 0.4) is 0 Å². The average Bonchev–Trinajstić information content (AvgIpc) is 2.26. The van der Waals surface area contributed by atoms with Gasteiger partial charge in [-0.2, -0.15) is 15.0 Å². The Hall–Kier alpha value is -1.14. The average molecular weight is 288 g/mol. The van der Waals surface area contributed by atoms with Crippen molar-refractivity contribution in [2.75, 3.05) is 23.8 Å². The Morgan fingerprint density at radius 2 is 1.79 bits per heavy atom. The molecule has 7 heteroatoms. The molecule has 0 fully saturated rings. The summed E-state index contributed by atoms with van der Waals surface area (Å²) in [6, 6.07) is 0.241. The summed E-state index contributed by atoms with van der Waals surface area (Å²) in [5.41, 5.74) is 0. The minimum Gasteiger partial charge on any atom is -0.379 e. The summed E-state index contributed by atoms with van der Waals surface area (Å²) in [6.45, 7) is 9.49. The zero-order chi connectivity index (χ0) is 14.3. The first-order valence-electron chi connectivity index (χ1n) is 6.51. The zero-order valence-corrected chi connectivity index (χ0v) is 12.7. The van der Waals surface area contributed by atoms with Crippen molar-refractivity contribution in [3.05, 3.63) is 5.28 Å². The lowest BCUT2D eigenvalue weighted by Gasteiger charge is -2.11. The molecular formula is C12H22ClN5O. The van der Waals surface area contributed by atoms with E-state index in [4.69, 9.17) is 16.3 Å². The fraction of sp³-hybridized carbons (Fsp3) is 0.750. The normalized spacial score (nSPS) is 11.1. The summed E-state index contributed by atoms with van der Waals surface area (Å²) in [5.74, 6) is 0.962. The van der Waals surface area contributed by atoms with Gasteiger partial charge in [-0.1, -0.05) is 0 Å². The van der Waals surface area contributed by atoms with Crippen molar-refractivity contribution in [2.24, 2.45) is 0 Å². The molecule has 0 amide bonds. The summed E-state index contributed by atoms with van der Waals surface area (Å²) >= 11 is 5.85. The van der Waals surface area contributed by atoms with Crippen molar-refractivity contribution in [3.8, 4) is 0 Å². The second kappa shape index (κ2) is 8.12. The molecule has 0 aromatic carbocycles. The fourth-order valence-electron chi connectivity index (χ4n) is 1.34. The maximum Gasteiger partial charge on any atom is 0.228 e. The van der Waals surface area contributed by atoms with E-state index >= 15 is 0 Å². The molecule has 2 N–H and O–H groups in total. The van der Waals surface area contributed by atoms with E-state index < -0.39 is 0 Å². The summed E-state index contributed by atoms with van der Waals surface area (Å²) in [7, 11) is 0. The molecule has 0 atom stereocenters. The standard InChI is InChI=1S/C12H22ClN5O/c1-8(2)15-12-17-10(13)16-11(18-12)14-6-5-7-19-9(3)4/h8-9H,5-7H2,1-4H3,(H2,14,15,16,17,18). The molecule has 0 aliphatic heterocycles. The fourth-order valence-corrected chi connectivity index (χ4v) is 1.50. The molecule has 0 aliphatic rings. The minimum atomic E-state index is 0.180. The highest BCUT2D eigenvalue weighted by molar-refractivity contribution is 6.28. The lowest BCUT2D eigenvalue weighted by Crippen LogP contribution is -2.15. The summed E-state index contributed by atoms with van der Waals surface area (Å²) < 4.78 is 5.45. The maximum atomic E-state index is 5.85. The van der Waals surface area contributed by atoms with Crippen molar-refractivity contribution in [1.82, 2.24) is 15.0 Å². The molecule has 1 aromatic heterocycles. The van der Waals surface area contributed by atoms with Gasteiger partial charge in [0.25, 0.3) is 0 Å². The van der Waals surface area contributed by atoms with Crippen LogP contribution >= 0.6 is 11.6 Å². The monoisotopic (exact) mass is 287 g/mol. The van der Waals surface area contributed by atoms with E-state index in [0.717, 1.165) is 13.0 Å². The van der Waals surface area contributed by atoms with Crippen molar-refractivity contribution in [1.29, 1.82) is 0 Å². The van der Waals surface area contributed by atoms with Gasteiger partial charge in [0.2, 0.25) is 17.2 Å². The quantitative estimate of drug-likeness (QED) is 0.716. The number of halogens is 1. The molecule has 0 radical (unpaired) electrons. The Bertz CT molecular complexity index is 386. The first kappa shape index (κ1) is 15.9. The first-order valence-corrected chi connectivity index (χ1v) is 6.88. The van der Waals surface area contributed by atoms with Crippen molar-refractivity contribution in [2.45, 2.75) is 46.3 Å². The van der Waals surface area contributed by atoms with Gasteiger partial charge in [0.15, 0.2) is 0 Å². The lowest BCUT2D eigenvalue weighted by molar-refractivity contribution is 0.0787. The Kier molecular flexibility index (Phi) is 6.80. The molecule has 0 unspecified atom stereocenters. The van der Waals surface area contributed by atoms with Crippen LogP contribution in [0.15, 0.2) is 0 Å². The third kappa shape index (κ3) is 7.12. The van der Waals surface area contributed by atoms with E-state index in [9.17, 15) is 0 Å². The van der Waals surface area contributed by atoms with Gasteiger partial charge in [0, 0.05) is 19.2 Å².